The Kier molecular flexibility index (Phi) is 4.51. The molecule has 0 saturated heterocycles. The molecule has 0 aliphatic carbocycles. The van der Waals surface area contributed by atoms with Crippen molar-refractivity contribution in [3.05, 3.63) is 46.0 Å². The molecule has 0 fully saturated rings. The van der Waals surface area contributed by atoms with Crippen LogP contribution < -0.4 is 4.80 Å². The lowest BCUT2D eigenvalue weighted by Crippen LogP contribution is -2.19. The third kappa shape index (κ3) is 3.37. The van der Waals surface area contributed by atoms with Gasteiger partial charge in [0.15, 0.2) is 10.6 Å². The normalized spacial score (nSPS) is 11.9. The quantitative estimate of drug-likeness (QED) is 0.674. The topological polar surface area (TPSA) is 52.2 Å². The molecule has 0 atom stereocenters. The first kappa shape index (κ1) is 17.0. The summed E-state index contributed by atoms with van der Waals surface area (Å²) >= 11 is 1.01. The number of carbonyl (C=O) groups excluding carboxylic acids is 1. The zero-order chi connectivity index (χ0) is 18.1. The number of benzene rings is 1. The highest BCUT2D eigenvalue weighted by molar-refractivity contribution is 7.16. The molecule has 1 amide bonds. The van der Waals surface area contributed by atoms with Gasteiger partial charge in [-0.2, -0.15) is 10.1 Å². The van der Waals surface area contributed by atoms with Gasteiger partial charge in [-0.15, -0.1) is 6.42 Å². The number of nitrogens with zero attached hydrogens (tertiary/aromatic N) is 4. The third-order valence-corrected chi connectivity index (χ3v) is 4.58. The fourth-order valence-electron chi connectivity index (χ4n) is 2.56. The van der Waals surface area contributed by atoms with E-state index in [-0.39, 0.29) is 23.4 Å². The van der Waals surface area contributed by atoms with Crippen molar-refractivity contribution in [3.8, 4) is 12.3 Å². The molecule has 0 N–H and O–H groups in total. The van der Waals surface area contributed by atoms with Crippen LogP contribution in [0.3, 0.4) is 0 Å². The molecule has 0 unspecified atom stereocenters. The summed E-state index contributed by atoms with van der Waals surface area (Å²) in [5, 5.41) is 4.21. The summed E-state index contributed by atoms with van der Waals surface area (Å²) in [6.45, 7) is 3.65. The fourth-order valence-corrected chi connectivity index (χ4v) is 3.64. The molecule has 2 heterocycles. The van der Waals surface area contributed by atoms with E-state index < -0.39 is 17.5 Å². The molecule has 0 aliphatic rings. The SMILES string of the molecule is C#CCn1c(=NC(=O)Cn2nc(C)cc2C)sc2cc(F)cc(F)c21. The van der Waals surface area contributed by atoms with Gasteiger partial charge in [0.05, 0.1) is 22.5 Å². The summed E-state index contributed by atoms with van der Waals surface area (Å²) in [5.41, 5.74) is 1.77. The minimum absolute atomic E-state index is 0.0224. The number of amides is 1. The maximum atomic E-state index is 14.1. The number of aryl methyl sites for hydroxylation is 2. The van der Waals surface area contributed by atoms with E-state index in [0.29, 0.717) is 4.70 Å². The van der Waals surface area contributed by atoms with Crippen LogP contribution in [0.1, 0.15) is 11.4 Å². The first-order valence-corrected chi connectivity index (χ1v) is 8.21. The van der Waals surface area contributed by atoms with E-state index in [1.165, 1.54) is 10.6 Å². The van der Waals surface area contributed by atoms with E-state index in [2.05, 4.69) is 16.0 Å². The number of fused-ring (bicyclic) bond motifs is 1. The van der Waals surface area contributed by atoms with Crippen molar-refractivity contribution in [2.24, 2.45) is 4.99 Å². The van der Waals surface area contributed by atoms with Gasteiger partial charge < -0.3 is 4.57 Å². The fraction of sp³-hybridized carbons (Fsp3) is 0.235. The Bertz CT molecular complexity index is 1080. The summed E-state index contributed by atoms with van der Waals surface area (Å²) < 4.78 is 30.8. The second-order valence-corrected chi connectivity index (χ2v) is 6.51. The van der Waals surface area contributed by atoms with Gasteiger partial charge in [0.25, 0.3) is 5.91 Å². The molecular weight excluding hydrogens is 346 g/mol. The van der Waals surface area contributed by atoms with Crippen LogP contribution >= 0.6 is 11.3 Å². The van der Waals surface area contributed by atoms with Gasteiger partial charge in [-0.1, -0.05) is 17.3 Å². The van der Waals surface area contributed by atoms with E-state index in [4.69, 9.17) is 6.42 Å². The number of hydrogen-bond acceptors (Lipinski definition) is 3. The van der Waals surface area contributed by atoms with E-state index in [1.54, 1.807) is 4.68 Å². The Balaban J connectivity index is 2.07. The molecule has 25 heavy (non-hydrogen) atoms. The second-order valence-electron chi connectivity index (χ2n) is 5.50. The Morgan fingerprint density at radius 1 is 1.36 bits per heavy atom. The van der Waals surface area contributed by atoms with Gasteiger partial charge in [-0.05, 0) is 26.0 Å². The van der Waals surface area contributed by atoms with Crippen LogP contribution in [-0.4, -0.2) is 20.3 Å². The van der Waals surface area contributed by atoms with Crippen molar-refractivity contribution in [1.29, 1.82) is 0 Å². The van der Waals surface area contributed by atoms with Gasteiger partial charge in [0, 0.05) is 11.8 Å². The average molecular weight is 360 g/mol. The van der Waals surface area contributed by atoms with E-state index in [1.807, 2.05) is 19.9 Å². The zero-order valence-electron chi connectivity index (χ0n) is 13.6. The molecule has 0 aliphatic heterocycles. The lowest BCUT2D eigenvalue weighted by Gasteiger charge is -2.02. The third-order valence-electron chi connectivity index (χ3n) is 3.55. The van der Waals surface area contributed by atoms with E-state index in [0.717, 1.165) is 28.8 Å². The average Bonchev–Trinajstić information content (AvgIpc) is 2.99. The first-order valence-electron chi connectivity index (χ1n) is 7.39. The Morgan fingerprint density at radius 3 is 2.76 bits per heavy atom. The summed E-state index contributed by atoms with van der Waals surface area (Å²) in [4.78, 5) is 16.5. The summed E-state index contributed by atoms with van der Waals surface area (Å²) in [5.74, 6) is 0.509. The van der Waals surface area contributed by atoms with Gasteiger partial charge in [0.2, 0.25) is 0 Å². The molecule has 0 radical (unpaired) electrons. The highest BCUT2D eigenvalue weighted by Gasteiger charge is 2.14. The van der Waals surface area contributed by atoms with Crippen LogP contribution in [0.5, 0.6) is 0 Å². The van der Waals surface area contributed by atoms with Crippen LogP contribution in [0.2, 0.25) is 0 Å². The van der Waals surface area contributed by atoms with E-state index in [9.17, 15) is 13.6 Å². The largest absolute Gasteiger partial charge is 0.302 e. The predicted octanol–water partition coefficient (Wildman–Crippen LogP) is 2.56. The minimum Gasteiger partial charge on any atom is -0.302 e. The Labute approximate surface area is 146 Å². The molecule has 0 saturated carbocycles. The van der Waals surface area contributed by atoms with Crippen LogP contribution in [0.15, 0.2) is 23.2 Å². The minimum atomic E-state index is -0.742. The number of halogens is 2. The molecule has 8 heteroatoms. The van der Waals surface area contributed by atoms with Crippen LogP contribution in [0.4, 0.5) is 8.78 Å². The standard InChI is InChI=1S/C17H14F2N4OS/c1-4-5-22-16-13(19)7-12(18)8-14(16)25-17(22)20-15(24)9-23-11(3)6-10(2)21-23/h1,6-8H,5,9H2,2-3H3. The Morgan fingerprint density at radius 2 is 2.12 bits per heavy atom. The molecule has 0 spiro atoms. The van der Waals surface area contributed by atoms with Gasteiger partial charge in [-0.3, -0.25) is 9.48 Å². The van der Waals surface area contributed by atoms with Crippen molar-refractivity contribution in [2.75, 3.05) is 0 Å². The maximum Gasteiger partial charge on any atom is 0.270 e. The molecule has 5 nitrogen and oxygen atoms in total. The van der Waals surface area contributed by atoms with Crippen molar-refractivity contribution in [1.82, 2.24) is 14.3 Å². The van der Waals surface area contributed by atoms with Crippen molar-refractivity contribution < 1.29 is 13.6 Å². The van der Waals surface area contributed by atoms with Gasteiger partial charge in [-0.25, -0.2) is 8.78 Å². The van der Waals surface area contributed by atoms with Crippen LogP contribution in [0.25, 0.3) is 10.2 Å². The molecule has 1 aromatic carbocycles. The van der Waals surface area contributed by atoms with E-state index >= 15 is 0 Å². The van der Waals surface area contributed by atoms with Crippen molar-refractivity contribution in [3.63, 3.8) is 0 Å². The summed E-state index contributed by atoms with van der Waals surface area (Å²) in [6, 6.07) is 3.83. The molecule has 128 valence electrons. The monoisotopic (exact) mass is 360 g/mol. The summed E-state index contributed by atoms with van der Waals surface area (Å²) in [7, 11) is 0. The zero-order valence-corrected chi connectivity index (χ0v) is 14.4. The number of terminal acetylenes is 1. The summed E-state index contributed by atoms with van der Waals surface area (Å²) in [6.07, 6.45) is 5.33. The van der Waals surface area contributed by atoms with Crippen LogP contribution in [-0.2, 0) is 17.9 Å². The smallest absolute Gasteiger partial charge is 0.270 e. The van der Waals surface area contributed by atoms with Crippen LogP contribution in [0, 0.1) is 37.8 Å². The van der Waals surface area contributed by atoms with Gasteiger partial charge in [0.1, 0.15) is 12.4 Å². The predicted molar refractivity (Wildman–Crippen MR) is 90.8 cm³/mol. The molecule has 3 aromatic rings. The maximum absolute atomic E-state index is 14.1. The van der Waals surface area contributed by atoms with Crippen molar-refractivity contribution >= 4 is 27.5 Å². The highest BCUT2D eigenvalue weighted by Crippen LogP contribution is 2.22. The lowest BCUT2D eigenvalue weighted by molar-refractivity contribution is -0.118. The van der Waals surface area contributed by atoms with Crippen molar-refractivity contribution in [2.45, 2.75) is 26.9 Å². The number of thiazole rings is 1. The first-order chi connectivity index (χ1) is 11.9. The molecule has 3 rings (SSSR count). The number of hydrogen-bond donors (Lipinski definition) is 0. The number of aromatic nitrogens is 3. The molecule has 2 aromatic heterocycles. The Hall–Kier alpha value is -2.79. The lowest BCUT2D eigenvalue weighted by atomic mass is 10.3. The second kappa shape index (κ2) is 6.61. The molecular formula is C17H14F2N4OS. The van der Waals surface area contributed by atoms with Gasteiger partial charge >= 0.3 is 0 Å². The number of rotatable bonds is 3. The number of carbonyl (C=O) groups is 1. The molecule has 0 bridgehead atoms. The highest BCUT2D eigenvalue weighted by atomic mass is 32.1.